The molecule has 0 aliphatic carbocycles. The van der Waals surface area contributed by atoms with Crippen LogP contribution in [-0.2, 0) is 18.8 Å². The van der Waals surface area contributed by atoms with Crippen LogP contribution in [0, 0.1) is 6.92 Å². The van der Waals surface area contributed by atoms with Crippen LogP contribution in [0.15, 0.2) is 55.4 Å². The van der Waals surface area contributed by atoms with Crippen molar-refractivity contribution in [1.82, 2.24) is 29.1 Å². The van der Waals surface area contributed by atoms with Crippen LogP contribution in [-0.4, -0.2) is 34.8 Å². The molecule has 0 amide bonds. The highest BCUT2D eigenvalue weighted by Gasteiger charge is 2.18. The van der Waals surface area contributed by atoms with Crippen LogP contribution in [0.2, 0.25) is 0 Å². The molecular formula is C21H24N6S. The van der Waals surface area contributed by atoms with Crippen molar-refractivity contribution >= 4 is 11.8 Å². The summed E-state index contributed by atoms with van der Waals surface area (Å²) in [7, 11) is 0. The predicted molar refractivity (Wildman–Crippen MR) is 114 cm³/mol. The topological polar surface area (TPSA) is 64.3 Å². The van der Waals surface area contributed by atoms with Gasteiger partial charge in [0.25, 0.3) is 0 Å². The van der Waals surface area contributed by atoms with E-state index in [1.807, 2.05) is 48.7 Å². The van der Waals surface area contributed by atoms with Crippen LogP contribution >= 0.6 is 11.8 Å². The van der Waals surface area contributed by atoms with Gasteiger partial charge in [0.05, 0.1) is 24.0 Å². The van der Waals surface area contributed by atoms with E-state index in [4.69, 9.17) is 4.98 Å². The van der Waals surface area contributed by atoms with E-state index in [-0.39, 0.29) is 0 Å². The van der Waals surface area contributed by atoms with E-state index in [0.29, 0.717) is 0 Å². The van der Waals surface area contributed by atoms with Gasteiger partial charge in [-0.3, -0.25) is 0 Å². The number of benzene rings is 1. The van der Waals surface area contributed by atoms with Crippen molar-refractivity contribution in [3.63, 3.8) is 0 Å². The van der Waals surface area contributed by atoms with Crippen molar-refractivity contribution in [3.05, 3.63) is 66.8 Å². The van der Waals surface area contributed by atoms with Gasteiger partial charge in [-0.2, -0.15) is 11.8 Å². The van der Waals surface area contributed by atoms with Crippen molar-refractivity contribution in [2.45, 2.75) is 32.7 Å². The number of hydrogen-bond donors (Lipinski definition) is 1. The molecule has 0 aliphatic heterocycles. The van der Waals surface area contributed by atoms with E-state index in [2.05, 4.69) is 50.1 Å². The summed E-state index contributed by atoms with van der Waals surface area (Å²) in [4.78, 5) is 16.9. The number of thioether (sulfide) groups is 1. The van der Waals surface area contributed by atoms with Crippen molar-refractivity contribution < 1.29 is 0 Å². The van der Waals surface area contributed by atoms with Gasteiger partial charge in [0.2, 0.25) is 0 Å². The fourth-order valence-electron chi connectivity index (χ4n) is 3.24. The summed E-state index contributed by atoms with van der Waals surface area (Å²) >= 11 is 1.88. The van der Waals surface area contributed by atoms with Crippen LogP contribution in [0.25, 0.3) is 22.8 Å². The number of aryl methyl sites for hydroxylation is 3. The Morgan fingerprint density at radius 2 is 1.93 bits per heavy atom. The zero-order valence-electron chi connectivity index (χ0n) is 16.2. The molecular weight excluding hydrogens is 368 g/mol. The standard InChI is InChI=1S/C21H24N6S/c1-3-26-10-9-22-21(26)20-19(17-7-5-4-6-8-17)25-15-27(20)11-12-28-13-18-16(2)23-14-24-18/h4-10,14-15H,3,11-13H2,1-2H3,(H,23,24). The first-order chi connectivity index (χ1) is 13.8. The summed E-state index contributed by atoms with van der Waals surface area (Å²) in [6.45, 7) is 5.95. The Hall–Kier alpha value is -2.80. The molecule has 0 saturated carbocycles. The number of aromatic amines is 1. The molecule has 0 unspecified atom stereocenters. The van der Waals surface area contributed by atoms with E-state index in [0.717, 1.165) is 58.8 Å². The molecule has 1 N–H and O–H groups in total. The number of nitrogens with zero attached hydrogens (tertiary/aromatic N) is 5. The van der Waals surface area contributed by atoms with E-state index >= 15 is 0 Å². The van der Waals surface area contributed by atoms with Crippen LogP contribution < -0.4 is 0 Å². The SMILES string of the molecule is CCn1ccnc1-c1c(-c2ccccc2)ncn1CCSCc1nc[nH]c1C. The lowest BCUT2D eigenvalue weighted by atomic mass is 10.1. The first kappa shape index (κ1) is 18.6. The second-order valence-electron chi connectivity index (χ2n) is 6.56. The average Bonchev–Trinajstić information content (AvgIpc) is 3.45. The van der Waals surface area contributed by atoms with Gasteiger partial charge in [0.15, 0.2) is 5.82 Å². The molecule has 0 fully saturated rings. The number of nitrogens with one attached hydrogen (secondary N) is 1. The number of hydrogen-bond acceptors (Lipinski definition) is 4. The summed E-state index contributed by atoms with van der Waals surface area (Å²) in [5.74, 6) is 2.86. The quantitative estimate of drug-likeness (QED) is 0.452. The van der Waals surface area contributed by atoms with Crippen molar-refractivity contribution in [3.8, 4) is 22.8 Å². The molecule has 6 nitrogen and oxygen atoms in total. The maximum atomic E-state index is 4.74. The Kier molecular flexibility index (Phi) is 5.62. The zero-order chi connectivity index (χ0) is 19.3. The molecule has 0 radical (unpaired) electrons. The lowest BCUT2D eigenvalue weighted by molar-refractivity contribution is 0.736. The van der Waals surface area contributed by atoms with E-state index in [9.17, 15) is 0 Å². The van der Waals surface area contributed by atoms with Crippen LogP contribution in [0.1, 0.15) is 18.3 Å². The molecule has 0 bridgehead atoms. The molecule has 0 atom stereocenters. The number of rotatable bonds is 8. The highest BCUT2D eigenvalue weighted by molar-refractivity contribution is 7.98. The predicted octanol–water partition coefficient (Wildman–Crippen LogP) is 4.40. The molecule has 28 heavy (non-hydrogen) atoms. The van der Waals surface area contributed by atoms with E-state index in [1.54, 1.807) is 6.33 Å². The maximum Gasteiger partial charge on any atom is 0.158 e. The van der Waals surface area contributed by atoms with E-state index in [1.165, 1.54) is 0 Å². The van der Waals surface area contributed by atoms with Gasteiger partial charge >= 0.3 is 0 Å². The van der Waals surface area contributed by atoms with Gasteiger partial charge in [0, 0.05) is 48.2 Å². The number of imidazole rings is 3. The first-order valence-corrected chi connectivity index (χ1v) is 10.6. The van der Waals surface area contributed by atoms with Crippen molar-refractivity contribution in [2.24, 2.45) is 0 Å². The monoisotopic (exact) mass is 392 g/mol. The fourth-order valence-corrected chi connectivity index (χ4v) is 4.19. The highest BCUT2D eigenvalue weighted by atomic mass is 32.2. The Morgan fingerprint density at radius 1 is 1.07 bits per heavy atom. The van der Waals surface area contributed by atoms with Gasteiger partial charge < -0.3 is 14.1 Å². The largest absolute Gasteiger partial charge is 0.348 e. The van der Waals surface area contributed by atoms with Gasteiger partial charge in [-0.25, -0.2) is 15.0 Å². The van der Waals surface area contributed by atoms with Crippen LogP contribution in [0.5, 0.6) is 0 Å². The summed E-state index contributed by atoms with van der Waals surface area (Å²) < 4.78 is 4.39. The zero-order valence-corrected chi connectivity index (χ0v) is 17.0. The van der Waals surface area contributed by atoms with Crippen molar-refractivity contribution in [2.75, 3.05) is 5.75 Å². The first-order valence-electron chi connectivity index (χ1n) is 9.46. The lowest BCUT2D eigenvalue weighted by Crippen LogP contribution is -2.06. The molecule has 0 saturated heterocycles. The second-order valence-corrected chi connectivity index (χ2v) is 7.67. The number of aromatic nitrogens is 6. The molecule has 3 aromatic heterocycles. The minimum absolute atomic E-state index is 0.875. The number of H-pyrrole nitrogens is 1. The molecule has 3 heterocycles. The molecule has 4 aromatic rings. The maximum absolute atomic E-state index is 4.74. The third-order valence-corrected chi connectivity index (χ3v) is 5.75. The second kappa shape index (κ2) is 8.48. The normalized spacial score (nSPS) is 11.2. The Labute approximate surface area is 169 Å². The molecule has 1 aromatic carbocycles. The lowest BCUT2D eigenvalue weighted by Gasteiger charge is -2.11. The smallest absolute Gasteiger partial charge is 0.158 e. The Bertz CT molecular complexity index is 1030. The summed E-state index contributed by atoms with van der Waals surface area (Å²) in [6.07, 6.45) is 7.58. The molecule has 4 rings (SSSR count). The van der Waals surface area contributed by atoms with Gasteiger partial charge in [-0.15, -0.1) is 0 Å². The Balaban J connectivity index is 1.58. The molecule has 0 aliphatic rings. The van der Waals surface area contributed by atoms with Crippen LogP contribution in [0.3, 0.4) is 0 Å². The summed E-state index contributed by atoms with van der Waals surface area (Å²) in [5.41, 5.74) is 5.44. The average molecular weight is 393 g/mol. The Morgan fingerprint density at radius 3 is 2.68 bits per heavy atom. The minimum Gasteiger partial charge on any atom is -0.348 e. The van der Waals surface area contributed by atoms with Gasteiger partial charge in [-0.1, -0.05) is 30.3 Å². The van der Waals surface area contributed by atoms with Crippen LogP contribution in [0.4, 0.5) is 0 Å². The van der Waals surface area contributed by atoms with Gasteiger partial charge in [0.1, 0.15) is 5.69 Å². The molecule has 144 valence electrons. The third-order valence-electron chi connectivity index (χ3n) is 4.80. The fraction of sp³-hybridized carbons (Fsp3) is 0.286. The molecule has 0 spiro atoms. The minimum atomic E-state index is 0.875. The molecule has 7 heteroatoms. The highest BCUT2D eigenvalue weighted by Crippen LogP contribution is 2.30. The van der Waals surface area contributed by atoms with E-state index < -0.39 is 0 Å². The third kappa shape index (κ3) is 3.75. The summed E-state index contributed by atoms with van der Waals surface area (Å²) in [6, 6.07) is 10.3. The van der Waals surface area contributed by atoms with Crippen molar-refractivity contribution in [1.29, 1.82) is 0 Å². The van der Waals surface area contributed by atoms with Gasteiger partial charge in [-0.05, 0) is 13.8 Å². The summed E-state index contributed by atoms with van der Waals surface area (Å²) in [5, 5.41) is 0.